The van der Waals surface area contributed by atoms with Crippen LogP contribution in [0.4, 0.5) is 0 Å². The molecule has 1 aromatic rings. The van der Waals surface area contributed by atoms with Gasteiger partial charge in [0.25, 0.3) is 0 Å². The lowest BCUT2D eigenvalue weighted by Gasteiger charge is -2.30. The number of hydrogen-bond acceptors (Lipinski definition) is 2. The second-order valence-corrected chi connectivity index (χ2v) is 7.04. The average molecular weight is 312 g/mol. The molecular formula is C20H28N2O. The predicted molar refractivity (Wildman–Crippen MR) is 94.2 cm³/mol. The Kier molecular flexibility index (Phi) is 5.50. The number of carbonyl (C=O) groups excluding carboxylic acids is 1. The van der Waals surface area contributed by atoms with Crippen molar-refractivity contribution in [2.75, 3.05) is 13.1 Å². The van der Waals surface area contributed by atoms with Crippen molar-refractivity contribution in [3.63, 3.8) is 0 Å². The first-order valence-electron chi connectivity index (χ1n) is 8.93. The van der Waals surface area contributed by atoms with E-state index in [0.717, 1.165) is 13.0 Å². The Hall–Kier alpha value is -1.61. The minimum absolute atomic E-state index is 0.298. The summed E-state index contributed by atoms with van der Waals surface area (Å²) in [6.07, 6.45) is 8.38. The van der Waals surface area contributed by atoms with Crippen molar-refractivity contribution in [3.05, 3.63) is 48.6 Å². The van der Waals surface area contributed by atoms with Crippen LogP contribution in [0.2, 0.25) is 0 Å². The van der Waals surface area contributed by atoms with E-state index in [2.05, 4.69) is 36.2 Å². The van der Waals surface area contributed by atoms with Crippen molar-refractivity contribution in [2.45, 2.75) is 50.6 Å². The molecule has 2 heterocycles. The highest BCUT2D eigenvalue weighted by atomic mass is 16.2. The van der Waals surface area contributed by atoms with E-state index in [4.69, 9.17) is 0 Å². The molecule has 3 rings (SSSR count). The topological polar surface area (TPSA) is 32.3 Å². The smallest absolute Gasteiger partial charge is 0.223 e. The maximum Gasteiger partial charge on any atom is 0.223 e. The Morgan fingerprint density at radius 3 is 2.57 bits per heavy atom. The third kappa shape index (κ3) is 4.44. The SMILES string of the molecule is C=CCN(CCc1ccccc1)C(=O)CC1CC2CCC(C1)N2. The molecule has 0 aliphatic carbocycles. The van der Waals surface area contributed by atoms with Crippen molar-refractivity contribution >= 4 is 5.91 Å². The molecule has 0 spiro atoms. The number of hydrogen-bond donors (Lipinski definition) is 1. The van der Waals surface area contributed by atoms with Crippen LogP contribution in [-0.4, -0.2) is 36.0 Å². The number of nitrogens with zero attached hydrogens (tertiary/aromatic N) is 1. The van der Waals surface area contributed by atoms with Crippen molar-refractivity contribution in [2.24, 2.45) is 5.92 Å². The van der Waals surface area contributed by atoms with Crippen LogP contribution in [0.15, 0.2) is 43.0 Å². The molecule has 0 aromatic heterocycles. The van der Waals surface area contributed by atoms with E-state index in [1.54, 1.807) is 0 Å². The van der Waals surface area contributed by atoms with E-state index in [0.29, 0.717) is 36.9 Å². The zero-order chi connectivity index (χ0) is 16.1. The molecule has 1 aromatic carbocycles. The second kappa shape index (κ2) is 7.78. The quantitative estimate of drug-likeness (QED) is 0.784. The van der Waals surface area contributed by atoms with Gasteiger partial charge in [0.05, 0.1) is 0 Å². The van der Waals surface area contributed by atoms with Crippen LogP contribution in [0.25, 0.3) is 0 Å². The van der Waals surface area contributed by atoms with Crippen LogP contribution in [0.1, 0.15) is 37.7 Å². The molecule has 2 unspecified atom stereocenters. The minimum Gasteiger partial charge on any atom is -0.339 e. The Morgan fingerprint density at radius 1 is 1.22 bits per heavy atom. The fourth-order valence-corrected chi connectivity index (χ4v) is 4.10. The van der Waals surface area contributed by atoms with Gasteiger partial charge in [-0.15, -0.1) is 6.58 Å². The normalized spacial score (nSPS) is 26.0. The van der Waals surface area contributed by atoms with Gasteiger partial charge >= 0.3 is 0 Å². The van der Waals surface area contributed by atoms with Crippen molar-refractivity contribution < 1.29 is 4.79 Å². The maximum absolute atomic E-state index is 12.7. The van der Waals surface area contributed by atoms with Gasteiger partial charge in [0, 0.05) is 31.6 Å². The third-order valence-corrected chi connectivity index (χ3v) is 5.25. The first kappa shape index (κ1) is 16.3. The van der Waals surface area contributed by atoms with Gasteiger partial charge in [0.2, 0.25) is 5.91 Å². The summed E-state index contributed by atoms with van der Waals surface area (Å²) < 4.78 is 0. The molecule has 23 heavy (non-hydrogen) atoms. The molecule has 2 atom stereocenters. The van der Waals surface area contributed by atoms with Gasteiger partial charge in [-0.3, -0.25) is 4.79 Å². The lowest BCUT2D eigenvalue weighted by Crippen LogP contribution is -2.41. The molecular weight excluding hydrogens is 284 g/mol. The van der Waals surface area contributed by atoms with Gasteiger partial charge in [-0.2, -0.15) is 0 Å². The van der Waals surface area contributed by atoms with Crippen molar-refractivity contribution in [1.29, 1.82) is 0 Å². The number of carbonyl (C=O) groups is 1. The number of rotatable bonds is 7. The standard InChI is InChI=1S/C20H28N2O/c1-2-11-22(12-10-16-6-4-3-5-7-16)20(23)15-17-13-18-8-9-19(14-17)21-18/h2-7,17-19,21H,1,8-15H2. The fraction of sp³-hybridized carbons (Fsp3) is 0.550. The Balaban J connectivity index is 1.52. The molecule has 1 N–H and O–H groups in total. The lowest BCUT2D eigenvalue weighted by molar-refractivity contribution is -0.132. The molecule has 0 saturated carbocycles. The number of fused-ring (bicyclic) bond motifs is 2. The third-order valence-electron chi connectivity index (χ3n) is 5.25. The molecule has 124 valence electrons. The van der Waals surface area contributed by atoms with Crippen LogP contribution in [0.5, 0.6) is 0 Å². The monoisotopic (exact) mass is 312 g/mol. The minimum atomic E-state index is 0.298. The van der Waals surface area contributed by atoms with Gasteiger partial charge < -0.3 is 10.2 Å². The van der Waals surface area contributed by atoms with Gasteiger partial charge in [0.15, 0.2) is 0 Å². The van der Waals surface area contributed by atoms with Gasteiger partial charge in [-0.1, -0.05) is 36.4 Å². The second-order valence-electron chi connectivity index (χ2n) is 7.04. The molecule has 1 amide bonds. The Labute approximate surface area is 139 Å². The number of benzene rings is 1. The molecule has 2 saturated heterocycles. The zero-order valence-electron chi connectivity index (χ0n) is 13.9. The number of piperidine rings is 1. The molecule has 3 heteroatoms. The Morgan fingerprint density at radius 2 is 1.91 bits per heavy atom. The van der Waals surface area contributed by atoms with Crippen LogP contribution < -0.4 is 5.32 Å². The van der Waals surface area contributed by atoms with E-state index in [9.17, 15) is 4.79 Å². The maximum atomic E-state index is 12.7. The molecule has 2 aliphatic heterocycles. The molecule has 2 bridgehead atoms. The Bertz CT molecular complexity index is 516. The number of nitrogens with one attached hydrogen (secondary N) is 1. The highest BCUT2D eigenvalue weighted by Crippen LogP contribution is 2.32. The summed E-state index contributed by atoms with van der Waals surface area (Å²) in [6.45, 7) is 5.26. The van der Waals surface area contributed by atoms with E-state index >= 15 is 0 Å². The van der Waals surface area contributed by atoms with Gasteiger partial charge in [0.1, 0.15) is 0 Å². The fourth-order valence-electron chi connectivity index (χ4n) is 4.10. The molecule has 2 aliphatic rings. The van der Waals surface area contributed by atoms with E-state index in [1.165, 1.54) is 31.2 Å². The van der Waals surface area contributed by atoms with Crippen LogP contribution in [0.3, 0.4) is 0 Å². The van der Waals surface area contributed by atoms with Crippen LogP contribution in [0, 0.1) is 5.92 Å². The van der Waals surface area contributed by atoms with E-state index in [-0.39, 0.29) is 0 Å². The molecule has 3 nitrogen and oxygen atoms in total. The van der Waals surface area contributed by atoms with Crippen LogP contribution in [-0.2, 0) is 11.2 Å². The van der Waals surface area contributed by atoms with Crippen molar-refractivity contribution in [3.8, 4) is 0 Å². The molecule has 0 radical (unpaired) electrons. The van der Waals surface area contributed by atoms with Gasteiger partial charge in [-0.25, -0.2) is 0 Å². The summed E-state index contributed by atoms with van der Waals surface area (Å²) >= 11 is 0. The molecule has 2 fully saturated rings. The van der Waals surface area contributed by atoms with E-state index in [1.807, 2.05) is 17.0 Å². The summed E-state index contributed by atoms with van der Waals surface area (Å²) in [7, 11) is 0. The van der Waals surface area contributed by atoms with Crippen molar-refractivity contribution in [1.82, 2.24) is 10.2 Å². The highest BCUT2D eigenvalue weighted by molar-refractivity contribution is 5.76. The average Bonchev–Trinajstić information content (AvgIpc) is 2.91. The first-order chi connectivity index (χ1) is 11.2. The zero-order valence-corrected chi connectivity index (χ0v) is 13.9. The summed E-state index contributed by atoms with van der Waals surface area (Å²) in [5.74, 6) is 0.859. The van der Waals surface area contributed by atoms with Crippen LogP contribution >= 0.6 is 0 Å². The summed E-state index contributed by atoms with van der Waals surface area (Å²) in [5, 5.41) is 3.65. The highest BCUT2D eigenvalue weighted by Gasteiger charge is 2.34. The van der Waals surface area contributed by atoms with Gasteiger partial charge in [-0.05, 0) is 43.6 Å². The largest absolute Gasteiger partial charge is 0.339 e. The summed E-state index contributed by atoms with van der Waals surface area (Å²) in [6, 6.07) is 11.7. The van der Waals surface area contributed by atoms with E-state index < -0.39 is 0 Å². The number of amides is 1. The first-order valence-corrected chi connectivity index (χ1v) is 8.93. The summed E-state index contributed by atoms with van der Waals surface area (Å²) in [5.41, 5.74) is 1.29. The summed E-state index contributed by atoms with van der Waals surface area (Å²) in [4.78, 5) is 14.7. The predicted octanol–water partition coefficient (Wildman–Crippen LogP) is 3.16. The lowest BCUT2D eigenvalue weighted by atomic mass is 9.89.